The van der Waals surface area contributed by atoms with Crippen LogP contribution in [0.15, 0.2) is 30.3 Å². The molecule has 11 nitrogen and oxygen atoms in total. The number of carbonyl (C=O) groups excluding carboxylic acids is 2. The maximum atomic E-state index is 13.7. The highest BCUT2D eigenvalue weighted by Crippen LogP contribution is 2.80. The number of benzene rings is 1. The van der Waals surface area contributed by atoms with Gasteiger partial charge in [-0.05, 0) is 44.4 Å². The molecule has 2 N–H and O–H groups in total. The Labute approximate surface area is 274 Å². The number of piperidine rings is 1. The van der Waals surface area contributed by atoms with Gasteiger partial charge in [0, 0.05) is 76.5 Å². The minimum absolute atomic E-state index is 0. The average Bonchev–Trinajstić information content (AvgIpc) is 3.39. The number of carbonyl (C=O) groups is 2. The van der Waals surface area contributed by atoms with Gasteiger partial charge in [-0.3, -0.25) is 4.79 Å². The second-order valence-corrected chi connectivity index (χ2v) is 14.2. The van der Waals surface area contributed by atoms with Crippen LogP contribution in [-0.4, -0.2) is 123 Å². The van der Waals surface area contributed by atoms with Crippen LogP contribution in [0.4, 0.5) is 0 Å². The smallest absolute Gasteiger partial charge is 0.338 e. The number of aliphatic hydroxyl groups excluding tert-OH is 1. The lowest BCUT2D eigenvalue weighted by atomic mass is 9.43. The van der Waals surface area contributed by atoms with Crippen LogP contribution in [0.1, 0.15) is 36.5 Å². The zero-order valence-electron chi connectivity index (χ0n) is 26.7. The Morgan fingerprint density at radius 3 is 2.33 bits per heavy atom. The molecule has 1 aromatic carbocycles. The highest BCUT2D eigenvalue weighted by Gasteiger charge is 2.91. The standard InChI is InChI=1S/C33H45NO10.BrH/c1-17(35)44-33-21-19(14-31(38,28(42-6)26(33)36)27(21)43-29(37)18-10-8-7-9-11-18)32-20(40-4)12-13-30(16-39-3)15-34(2)25(32)22(33)23(41-5)24(30)32;/h7-11,19-28,36,38H,12-16H2,1-6H3;1H/t19-,20+,21-,22-,23+,24-,25?,26+,27-,28+,30+,31-,32+,33-;/m1./s1. The van der Waals surface area contributed by atoms with E-state index in [0.717, 1.165) is 19.4 Å². The van der Waals surface area contributed by atoms with E-state index in [1.54, 1.807) is 45.6 Å². The normalized spacial score (nSPS) is 48.8. The molecule has 1 spiro atoms. The molecule has 250 valence electrons. The second kappa shape index (κ2) is 11.2. The van der Waals surface area contributed by atoms with E-state index in [9.17, 15) is 19.8 Å². The first kappa shape index (κ1) is 33.3. The molecule has 1 saturated heterocycles. The summed E-state index contributed by atoms with van der Waals surface area (Å²) in [5.74, 6) is -2.96. The number of esters is 2. The second-order valence-electron chi connectivity index (χ2n) is 14.2. The zero-order valence-corrected chi connectivity index (χ0v) is 28.4. The fourth-order valence-corrected chi connectivity index (χ4v) is 12.3. The first-order valence-electron chi connectivity index (χ1n) is 15.7. The molecule has 1 heterocycles. The third-order valence-corrected chi connectivity index (χ3v) is 12.8. The first-order valence-corrected chi connectivity index (χ1v) is 15.7. The number of nitrogens with zero attached hydrogens (tertiary/aromatic N) is 1. The van der Waals surface area contributed by atoms with E-state index in [2.05, 4.69) is 11.9 Å². The number of halogens is 1. The van der Waals surface area contributed by atoms with Crippen LogP contribution in [0.3, 0.4) is 0 Å². The van der Waals surface area contributed by atoms with Crippen molar-refractivity contribution in [1.29, 1.82) is 0 Å². The topological polar surface area (TPSA) is 133 Å². The van der Waals surface area contributed by atoms with Crippen molar-refractivity contribution in [3.63, 3.8) is 0 Å². The van der Waals surface area contributed by atoms with Crippen molar-refractivity contribution in [2.45, 2.75) is 73.9 Å². The minimum Gasteiger partial charge on any atom is -0.455 e. The number of ether oxygens (including phenoxy) is 6. The molecule has 7 bridgehead atoms. The maximum Gasteiger partial charge on any atom is 0.338 e. The van der Waals surface area contributed by atoms with Crippen LogP contribution < -0.4 is 0 Å². The highest BCUT2D eigenvalue weighted by molar-refractivity contribution is 8.93. The summed E-state index contributed by atoms with van der Waals surface area (Å²) in [6.45, 7) is 2.56. The molecule has 5 saturated carbocycles. The molecule has 0 aromatic heterocycles. The van der Waals surface area contributed by atoms with Gasteiger partial charge in [-0.25, -0.2) is 4.79 Å². The molecule has 12 heteroatoms. The number of hydrogen-bond donors (Lipinski definition) is 2. The monoisotopic (exact) mass is 695 g/mol. The van der Waals surface area contributed by atoms with E-state index < -0.39 is 64.8 Å². The van der Waals surface area contributed by atoms with Crippen molar-refractivity contribution < 1.29 is 48.2 Å². The van der Waals surface area contributed by atoms with Gasteiger partial charge in [0.1, 0.15) is 23.9 Å². The molecule has 1 unspecified atom stereocenters. The van der Waals surface area contributed by atoms with Gasteiger partial charge >= 0.3 is 11.9 Å². The van der Waals surface area contributed by atoms with Gasteiger partial charge in [-0.1, -0.05) is 18.2 Å². The van der Waals surface area contributed by atoms with Crippen molar-refractivity contribution in [3.8, 4) is 0 Å². The van der Waals surface area contributed by atoms with Crippen LogP contribution in [0, 0.1) is 34.5 Å². The molecule has 14 atom stereocenters. The summed E-state index contributed by atoms with van der Waals surface area (Å²) >= 11 is 0. The Morgan fingerprint density at radius 1 is 1.02 bits per heavy atom. The molecule has 5 aliphatic carbocycles. The Kier molecular flexibility index (Phi) is 8.30. The Balaban J connectivity index is 0.00000357. The largest absolute Gasteiger partial charge is 0.455 e. The highest BCUT2D eigenvalue weighted by atomic mass is 79.9. The molecule has 0 radical (unpaired) electrons. The van der Waals surface area contributed by atoms with E-state index >= 15 is 0 Å². The fourth-order valence-electron chi connectivity index (χ4n) is 12.3. The molecular weight excluding hydrogens is 650 g/mol. The maximum absolute atomic E-state index is 13.7. The lowest BCUT2D eigenvalue weighted by Crippen LogP contribution is -2.80. The summed E-state index contributed by atoms with van der Waals surface area (Å²) < 4.78 is 37.5. The number of rotatable bonds is 8. The van der Waals surface area contributed by atoms with Crippen molar-refractivity contribution >= 4 is 28.9 Å². The van der Waals surface area contributed by atoms with Crippen LogP contribution >= 0.6 is 17.0 Å². The quantitative estimate of drug-likeness (QED) is 0.386. The van der Waals surface area contributed by atoms with Crippen LogP contribution in [0.25, 0.3) is 0 Å². The number of aliphatic hydroxyl groups is 2. The Bertz CT molecular complexity index is 1320. The zero-order chi connectivity index (χ0) is 31.4. The molecule has 45 heavy (non-hydrogen) atoms. The van der Waals surface area contributed by atoms with E-state index in [1.807, 2.05) is 6.07 Å². The van der Waals surface area contributed by atoms with E-state index in [0.29, 0.717) is 12.2 Å². The third kappa shape index (κ3) is 3.88. The molecular formula is C33H46BrNO10. The number of methoxy groups -OCH3 is 4. The fraction of sp³-hybridized carbons (Fsp3) is 0.758. The van der Waals surface area contributed by atoms with E-state index in [-0.39, 0.29) is 52.8 Å². The van der Waals surface area contributed by atoms with Gasteiger partial charge in [0.25, 0.3) is 0 Å². The number of fused-ring (bicyclic) bond motifs is 2. The lowest BCUT2D eigenvalue weighted by Gasteiger charge is -2.69. The van der Waals surface area contributed by atoms with Gasteiger partial charge < -0.3 is 43.5 Å². The van der Waals surface area contributed by atoms with Crippen LogP contribution in [0.5, 0.6) is 0 Å². The first-order chi connectivity index (χ1) is 21.0. The third-order valence-electron chi connectivity index (χ3n) is 12.8. The molecule has 7 rings (SSSR count). The predicted molar refractivity (Wildman–Crippen MR) is 165 cm³/mol. The molecule has 6 fully saturated rings. The van der Waals surface area contributed by atoms with Crippen molar-refractivity contribution in [1.82, 2.24) is 4.90 Å². The average molecular weight is 697 g/mol. The SMILES string of the molecule is Br.COC[C@@]12CC[C@H](OC)[C@]34C([C@@H]([C@H](OC)[C@H]13)[C@]1(OC(C)=O)[C@H]3[C@@H](OC(=O)c5ccccc5)[C@](O)(C[C@H]34)[C@@H](OC)[C@@H]1O)N(C)C2. The summed E-state index contributed by atoms with van der Waals surface area (Å²) in [5, 5.41) is 25.1. The molecule has 1 aliphatic heterocycles. The lowest BCUT2D eigenvalue weighted by molar-refractivity contribution is -0.316. The minimum atomic E-state index is -1.76. The van der Waals surface area contributed by atoms with Gasteiger partial charge in [0.2, 0.25) is 0 Å². The molecule has 1 aromatic rings. The number of likely N-dealkylation sites (tertiary alicyclic amines) is 1. The van der Waals surface area contributed by atoms with Crippen molar-refractivity contribution in [2.24, 2.45) is 34.5 Å². The summed E-state index contributed by atoms with van der Waals surface area (Å²) in [7, 11) is 8.63. The van der Waals surface area contributed by atoms with Gasteiger partial charge in [0.05, 0.1) is 24.4 Å². The van der Waals surface area contributed by atoms with Crippen LogP contribution in [-0.2, 0) is 33.2 Å². The predicted octanol–water partition coefficient (Wildman–Crippen LogP) is 1.87. The van der Waals surface area contributed by atoms with Crippen LogP contribution in [0.2, 0.25) is 0 Å². The summed E-state index contributed by atoms with van der Waals surface area (Å²) in [6.07, 6.45) is -2.66. The number of hydrogen-bond acceptors (Lipinski definition) is 11. The molecule has 6 aliphatic rings. The molecule has 0 amide bonds. The summed E-state index contributed by atoms with van der Waals surface area (Å²) in [6, 6.07) is 8.39. The van der Waals surface area contributed by atoms with Crippen molar-refractivity contribution in [2.75, 3.05) is 48.6 Å². The van der Waals surface area contributed by atoms with E-state index in [1.165, 1.54) is 14.0 Å². The van der Waals surface area contributed by atoms with Gasteiger partial charge in [0.15, 0.2) is 5.60 Å². The summed E-state index contributed by atoms with van der Waals surface area (Å²) in [4.78, 5) is 29.2. The van der Waals surface area contributed by atoms with Gasteiger partial charge in [-0.15, -0.1) is 17.0 Å². The van der Waals surface area contributed by atoms with Crippen molar-refractivity contribution in [3.05, 3.63) is 35.9 Å². The van der Waals surface area contributed by atoms with E-state index in [4.69, 9.17) is 28.4 Å². The Morgan fingerprint density at radius 2 is 1.73 bits per heavy atom. The Hall–Kier alpha value is -1.64. The van der Waals surface area contributed by atoms with Gasteiger partial charge in [-0.2, -0.15) is 0 Å². The summed E-state index contributed by atoms with van der Waals surface area (Å²) in [5.41, 5.74) is -3.93.